The number of nitrogens with one attached hydrogen (secondary N) is 2. The molecular weight excluding hydrogens is 262 g/mol. The quantitative estimate of drug-likeness (QED) is 0.656. The third-order valence-electron chi connectivity index (χ3n) is 3.18. The van der Waals surface area contributed by atoms with Crippen LogP contribution in [0.2, 0.25) is 5.02 Å². The van der Waals surface area contributed by atoms with Gasteiger partial charge in [-0.2, -0.15) is 0 Å². The zero-order valence-electron chi connectivity index (χ0n) is 11.4. The summed E-state index contributed by atoms with van der Waals surface area (Å²) in [4.78, 5) is 4.21. The highest BCUT2D eigenvalue weighted by atomic mass is 35.5. The van der Waals surface area contributed by atoms with E-state index in [-0.39, 0.29) is 5.41 Å². The second-order valence-corrected chi connectivity index (χ2v) is 5.65. The Morgan fingerprint density at radius 3 is 2.53 bits per heavy atom. The van der Waals surface area contributed by atoms with Gasteiger partial charge < -0.3 is 15.4 Å². The highest BCUT2D eigenvalue weighted by Gasteiger charge is 2.33. The summed E-state index contributed by atoms with van der Waals surface area (Å²) in [6.45, 7) is 5.43. The molecule has 4 nitrogen and oxygen atoms in total. The van der Waals surface area contributed by atoms with Crippen molar-refractivity contribution in [2.75, 3.05) is 26.8 Å². The first kappa shape index (κ1) is 14.2. The van der Waals surface area contributed by atoms with Crippen LogP contribution >= 0.6 is 11.6 Å². The Labute approximate surface area is 119 Å². The van der Waals surface area contributed by atoms with E-state index in [2.05, 4.69) is 22.5 Å². The molecule has 0 atom stereocenters. The van der Waals surface area contributed by atoms with Gasteiger partial charge >= 0.3 is 0 Å². The van der Waals surface area contributed by atoms with Gasteiger partial charge in [0.15, 0.2) is 5.96 Å². The first-order chi connectivity index (χ1) is 9.11. The maximum atomic E-state index is 5.86. The molecule has 19 heavy (non-hydrogen) atoms. The van der Waals surface area contributed by atoms with E-state index < -0.39 is 0 Å². The minimum absolute atomic E-state index is 0.234. The van der Waals surface area contributed by atoms with E-state index in [9.17, 15) is 0 Å². The summed E-state index contributed by atoms with van der Waals surface area (Å²) in [6.07, 6.45) is 0. The molecule has 2 rings (SSSR count). The number of ether oxygens (including phenoxy) is 1. The molecule has 1 aliphatic rings. The maximum absolute atomic E-state index is 5.86. The lowest BCUT2D eigenvalue weighted by Crippen LogP contribution is -2.50. The van der Waals surface area contributed by atoms with Crippen molar-refractivity contribution in [3.05, 3.63) is 34.9 Å². The molecule has 1 aromatic rings. The van der Waals surface area contributed by atoms with Crippen LogP contribution in [0, 0.1) is 5.41 Å². The molecule has 1 fully saturated rings. The second kappa shape index (κ2) is 6.26. The summed E-state index contributed by atoms with van der Waals surface area (Å²) in [5.74, 6) is 0.808. The number of nitrogens with zero attached hydrogens (tertiary/aromatic N) is 1. The molecule has 1 heterocycles. The molecule has 0 radical (unpaired) electrons. The molecule has 104 valence electrons. The fraction of sp³-hybridized carbons (Fsp3) is 0.500. The third-order valence-corrected chi connectivity index (χ3v) is 3.43. The van der Waals surface area contributed by atoms with Crippen molar-refractivity contribution >= 4 is 17.6 Å². The van der Waals surface area contributed by atoms with Gasteiger partial charge in [-0.05, 0) is 17.7 Å². The molecule has 0 aromatic heterocycles. The second-order valence-electron chi connectivity index (χ2n) is 5.21. The Kier molecular flexibility index (Phi) is 4.66. The molecule has 1 aromatic carbocycles. The summed E-state index contributed by atoms with van der Waals surface area (Å²) in [5.41, 5.74) is 1.41. The Hall–Kier alpha value is -1.26. The monoisotopic (exact) mass is 281 g/mol. The zero-order valence-corrected chi connectivity index (χ0v) is 12.1. The van der Waals surface area contributed by atoms with E-state index in [4.69, 9.17) is 16.3 Å². The SMILES string of the molecule is CN=C(NCc1ccc(Cl)cc1)NCC1(C)COC1. The molecule has 0 unspecified atom stereocenters. The summed E-state index contributed by atoms with van der Waals surface area (Å²) in [7, 11) is 1.77. The standard InChI is InChI=1S/C14H20ClN3O/c1-14(9-19-10-14)8-18-13(16-2)17-7-11-3-5-12(15)6-4-11/h3-6H,7-10H2,1-2H3,(H2,16,17,18). The van der Waals surface area contributed by atoms with Crippen LogP contribution in [0.3, 0.4) is 0 Å². The summed E-state index contributed by atoms with van der Waals surface area (Å²) >= 11 is 5.86. The Morgan fingerprint density at radius 1 is 1.32 bits per heavy atom. The average molecular weight is 282 g/mol. The van der Waals surface area contributed by atoms with E-state index in [0.29, 0.717) is 0 Å². The molecule has 5 heteroatoms. The predicted molar refractivity (Wildman–Crippen MR) is 78.6 cm³/mol. The lowest BCUT2D eigenvalue weighted by Gasteiger charge is -2.38. The first-order valence-corrected chi connectivity index (χ1v) is 6.76. The number of hydrogen-bond acceptors (Lipinski definition) is 2. The molecule has 0 amide bonds. The largest absolute Gasteiger partial charge is 0.380 e. The fourth-order valence-corrected chi connectivity index (χ4v) is 1.98. The van der Waals surface area contributed by atoms with Gasteiger partial charge in [0.2, 0.25) is 0 Å². The minimum Gasteiger partial charge on any atom is -0.380 e. The number of halogens is 1. The molecule has 0 spiro atoms. The predicted octanol–water partition coefficient (Wildman–Crippen LogP) is 2.04. The number of rotatable bonds is 4. The van der Waals surface area contributed by atoms with Crippen LogP contribution in [-0.4, -0.2) is 32.8 Å². The molecule has 0 aliphatic carbocycles. The lowest BCUT2D eigenvalue weighted by atomic mass is 9.89. The number of hydrogen-bond donors (Lipinski definition) is 2. The average Bonchev–Trinajstić information content (AvgIpc) is 2.39. The molecule has 1 saturated heterocycles. The highest BCUT2D eigenvalue weighted by Crippen LogP contribution is 2.24. The van der Waals surface area contributed by atoms with Crippen molar-refractivity contribution in [2.24, 2.45) is 10.4 Å². The van der Waals surface area contributed by atoms with Crippen molar-refractivity contribution < 1.29 is 4.74 Å². The van der Waals surface area contributed by atoms with E-state index in [1.165, 1.54) is 5.56 Å². The Bertz CT molecular complexity index is 441. The van der Waals surface area contributed by atoms with Crippen LogP contribution in [0.25, 0.3) is 0 Å². The zero-order chi connectivity index (χ0) is 13.7. The summed E-state index contributed by atoms with van der Waals surface area (Å²) < 4.78 is 5.23. The van der Waals surface area contributed by atoms with E-state index in [0.717, 1.165) is 37.3 Å². The Balaban J connectivity index is 1.77. The summed E-state index contributed by atoms with van der Waals surface area (Å²) in [5, 5.41) is 7.36. The number of aliphatic imine (C=N–C) groups is 1. The fourth-order valence-electron chi connectivity index (χ4n) is 1.86. The first-order valence-electron chi connectivity index (χ1n) is 6.38. The van der Waals surface area contributed by atoms with Crippen molar-refractivity contribution in [3.63, 3.8) is 0 Å². The van der Waals surface area contributed by atoms with Gasteiger partial charge in [-0.3, -0.25) is 4.99 Å². The number of benzene rings is 1. The van der Waals surface area contributed by atoms with Crippen molar-refractivity contribution in [3.8, 4) is 0 Å². The smallest absolute Gasteiger partial charge is 0.191 e. The molecule has 1 aliphatic heterocycles. The van der Waals surface area contributed by atoms with Gasteiger partial charge in [-0.25, -0.2) is 0 Å². The highest BCUT2D eigenvalue weighted by molar-refractivity contribution is 6.30. The van der Waals surface area contributed by atoms with Crippen LogP contribution in [-0.2, 0) is 11.3 Å². The van der Waals surface area contributed by atoms with Crippen LogP contribution in [0.1, 0.15) is 12.5 Å². The van der Waals surface area contributed by atoms with Crippen LogP contribution < -0.4 is 10.6 Å². The van der Waals surface area contributed by atoms with Gasteiger partial charge in [0.05, 0.1) is 13.2 Å². The van der Waals surface area contributed by atoms with Crippen LogP contribution in [0.5, 0.6) is 0 Å². The molecule has 0 bridgehead atoms. The van der Waals surface area contributed by atoms with E-state index in [1.807, 2.05) is 24.3 Å². The van der Waals surface area contributed by atoms with Crippen molar-refractivity contribution in [1.29, 1.82) is 0 Å². The third kappa shape index (κ3) is 4.11. The Morgan fingerprint density at radius 2 is 2.00 bits per heavy atom. The summed E-state index contributed by atoms with van der Waals surface area (Å²) in [6, 6.07) is 7.79. The van der Waals surface area contributed by atoms with Crippen molar-refractivity contribution in [2.45, 2.75) is 13.5 Å². The van der Waals surface area contributed by atoms with Crippen LogP contribution in [0.4, 0.5) is 0 Å². The van der Waals surface area contributed by atoms with Gasteiger partial charge in [-0.15, -0.1) is 0 Å². The van der Waals surface area contributed by atoms with Crippen molar-refractivity contribution in [1.82, 2.24) is 10.6 Å². The maximum Gasteiger partial charge on any atom is 0.191 e. The van der Waals surface area contributed by atoms with Gasteiger partial charge in [0.1, 0.15) is 0 Å². The van der Waals surface area contributed by atoms with Gasteiger partial charge in [0, 0.05) is 30.6 Å². The van der Waals surface area contributed by atoms with Gasteiger partial charge in [0.25, 0.3) is 0 Å². The molecule has 0 saturated carbocycles. The topological polar surface area (TPSA) is 45.7 Å². The number of guanidine groups is 1. The van der Waals surface area contributed by atoms with E-state index in [1.54, 1.807) is 7.05 Å². The van der Waals surface area contributed by atoms with Crippen LogP contribution in [0.15, 0.2) is 29.3 Å². The molecular formula is C14H20ClN3O. The van der Waals surface area contributed by atoms with Gasteiger partial charge in [-0.1, -0.05) is 30.7 Å². The lowest BCUT2D eigenvalue weighted by molar-refractivity contribution is -0.0971. The minimum atomic E-state index is 0.234. The normalized spacial score (nSPS) is 17.7. The van der Waals surface area contributed by atoms with E-state index >= 15 is 0 Å². The molecule has 2 N–H and O–H groups in total.